The van der Waals surface area contributed by atoms with Crippen LogP contribution in [0.3, 0.4) is 0 Å². The fourth-order valence-electron chi connectivity index (χ4n) is 3.63. The van der Waals surface area contributed by atoms with E-state index in [1.54, 1.807) is 0 Å². The summed E-state index contributed by atoms with van der Waals surface area (Å²) in [5.41, 5.74) is 1.21. The molecule has 3 rings (SSSR count). The van der Waals surface area contributed by atoms with Crippen LogP contribution >= 0.6 is 15.9 Å². The van der Waals surface area contributed by atoms with Crippen LogP contribution in [0, 0.1) is 5.92 Å². The molecule has 1 aliphatic carbocycles. The van der Waals surface area contributed by atoms with Crippen molar-refractivity contribution in [2.45, 2.75) is 51.1 Å². The van der Waals surface area contributed by atoms with Gasteiger partial charge < -0.3 is 0 Å². The molecular weight excluding hydrogens is 288 g/mol. The Kier molecular flexibility index (Phi) is 4.00. The van der Waals surface area contributed by atoms with Crippen LogP contribution in [0.1, 0.15) is 44.2 Å². The highest BCUT2D eigenvalue weighted by atomic mass is 79.9. The van der Waals surface area contributed by atoms with Crippen LogP contribution in [0.25, 0.3) is 0 Å². The summed E-state index contributed by atoms with van der Waals surface area (Å²) in [6.45, 7) is 2.30. The Morgan fingerprint density at radius 2 is 2.00 bits per heavy atom. The lowest BCUT2D eigenvalue weighted by Gasteiger charge is -2.44. The Bertz CT molecular complexity index is 388. The lowest BCUT2D eigenvalue weighted by molar-refractivity contribution is 0.0537. The lowest BCUT2D eigenvalue weighted by atomic mass is 9.78. The molecule has 3 heteroatoms. The van der Waals surface area contributed by atoms with Gasteiger partial charge in [-0.2, -0.15) is 0 Å². The first-order valence-corrected chi connectivity index (χ1v) is 7.97. The zero-order valence-corrected chi connectivity index (χ0v) is 12.4. The molecule has 0 aromatic carbocycles. The predicted octanol–water partition coefficient (Wildman–Crippen LogP) is 4.00. The number of likely N-dealkylation sites (tertiary alicyclic amines) is 1. The standard InChI is InChI=1S/C15H21BrN2/c16-13-7-8-14(17-10-13)11-18-9-3-5-12-4-1-2-6-15(12)18/h7-8,10,12,15H,1-6,9,11H2/t12-,15-/m1/s1. The summed E-state index contributed by atoms with van der Waals surface area (Å²) in [6, 6.07) is 5.08. The molecule has 2 fully saturated rings. The molecule has 18 heavy (non-hydrogen) atoms. The average molecular weight is 309 g/mol. The molecule has 0 amide bonds. The van der Waals surface area contributed by atoms with Gasteiger partial charge in [0.25, 0.3) is 0 Å². The second kappa shape index (κ2) is 5.70. The molecule has 1 aromatic rings. The van der Waals surface area contributed by atoms with Crippen LogP contribution in [-0.4, -0.2) is 22.5 Å². The summed E-state index contributed by atoms with van der Waals surface area (Å²) in [4.78, 5) is 7.21. The van der Waals surface area contributed by atoms with Gasteiger partial charge in [-0.25, -0.2) is 0 Å². The third kappa shape index (κ3) is 2.77. The van der Waals surface area contributed by atoms with Crippen molar-refractivity contribution in [3.8, 4) is 0 Å². The molecule has 2 nitrogen and oxygen atoms in total. The quantitative estimate of drug-likeness (QED) is 0.821. The highest BCUT2D eigenvalue weighted by Gasteiger charge is 2.32. The fourth-order valence-corrected chi connectivity index (χ4v) is 3.87. The van der Waals surface area contributed by atoms with E-state index in [9.17, 15) is 0 Å². The summed E-state index contributed by atoms with van der Waals surface area (Å²) in [6.07, 6.45) is 10.5. The molecule has 0 radical (unpaired) electrons. The molecule has 98 valence electrons. The Balaban J connectivity index is 1.69. The number of pyridine rings is 1. The van der Waals surface area contributed by atoms with Crippen molar-refractivity contribution in [2.75, 3.05) is 6.54 Å². The third-order valence-electron chi connectivity index (χ3n) is 4.51. The first-order chi connectivity index (χ1) is 8.83. The molecule has 2 atom stereocenters. The molecule has 0 N–H and O–H groups in total. The smallest absolute Gasteiger partial charge is 0.0544 e. The van der Waals surface area contributed by atoms with Crippen molar-refractivity contribution in [2.24, 2.45) is 5.92 Å². The maximum absolute atomic E-state index is 4.52. The maximum Gasteiger partial charge on any atom is 0.0544 e. The Labute approximate surface area is 118 Å². The van der Waals surface area contributed by atoms with Gasteiger partial charge in [-0.3, -0.25) is 9.88 Å². The number of hydrogen-bond donors (Lipinski definition) is 0. The van der Waals surface area contributed by atoms with E-state index in [0.29, 0.717) is 0 Å². The summed E-state index contributed by atoms with van der Waals surface area (Å²) in [5.74, 6) is 0.961. The van der Waals surface area contributed by atoms with E-state index in [2.05, 4.69) is 37.9 Å². The molecule has 2 aliphatic rings. The molecule has 2 heterocycles. The molecule has 1 aliphatic heterocycles. The highest BCUT2D eigenvalue weighted by Crippen LogP contribution is 2.35. The van der Waals surface area contributed by atoms with Crippen molar-refractivity contribution < 1.29 is 0 Å². The SMILES string of the molecule is Brc1ccc(CN2CCC[C@H]3CCCC[C@H]32)nc1. The van der Waals surface area contributed by atoms with E-state index in [4.69, 9.17) is 0 Å². The van der Waals surface area contributed by atoms with Crippen LogP contribution < -0.4 is 0 Å². The van der Waals surface area contributed by atoms with Crippen molar-refractivity contribution in [1.82, 2.24) is 9.88 Å². The van der Waals surface area contributed by atoms with Crippen molar-refractivity contribution >= 4 is 15.9 Å². The average Bonchev–Trinajstić information content (AvgIpc) is 2.42. The van der Waals surface area contributed by atoms with Gasteiger partial charge in [0.05, 0.1) is 5.69 Å². The van der Waals surface area contributed by atoms with Crippen LogP contribution in [-0.2, 0) is 6.54 Å². The number of aromatic nitrogens is 1. The van der Waals surface area contributed by atoms with E-state index < -0.39 is 0 Å². The Morgan fingerprint density at radius 1 is 1.17 bits per heavy atom. The molecule has 1 saturated heterocycles. The van der Waals surface area contributed by atoms with Crippen molar-refractivity contribution in [1.29, 1.82) is 0 Å². The predicted molar refractivity (Wildman–Crippen MR) is 77.3 cm³/mol. The molecule has 0 unspecified atom stereocenters. The zero-order chi connectivity index (χ0) is 12.4. The molecular formula is C15H21BrN2. The maximum atomic E-state index is 4.52. The number of hydrogen-bond acceptors (Lipinski definition) is 2. The van der Waals surface area contributed by atoms with Crippen LogP contribution in [0.5, 0.6) is 0 Å². The monoisotopic (exact) mass is 308 g/mol. The molecule has 1 saturated carbocycles. The first-order valence-electron chi connectivity index (χ1n) is 7.17. The number of piperidine rings is 1. The third-order valence-corrected chi connectivity index (χ3v) is 4.98. The van der Waals surface area contributed by atoms with Crippen LogP contribution in [0.4, 0.5) is 0 Å². The van der Waals surface area contributed by atoms with Gasteiger partial charge in [-0.1, -0.05) is 12.8 Å². The first kappa shape index (κ1) is 12.6. The van der Waals surface area contributed by atoms with Gasteiger partial charge in [-0.15, -0.1) is 0 Å². The molecule has 1 aromatic heterocycles. The van der Waals surface area contributed by atoms with Gasteiger partial charge >= 0.3 is 0 Å². The minimum atomic E-state index is 0.831. The van der Waals surface area contributed by atoms with Crippen molar-refractivity contribution in [3.05, 3.63) is 28.5 Å². The van der Waals surface area contributed by atoms with Gasteiger partial charge in [0.2, 0.25) is 0 Å². The normalized spacial score (nSPS) is 28.9. The van der Waals surface area contributed by atoms with Gasteiger partial charge in [0.15, 0.2) is 0 Å². The minimum Gasteiger partial charge on any atom is -0.294 e. The second-order valence-corrected chi connectivity index (χ2v) is 6.61. The second-order valence-electron chi connectivity index (χ2n) is 5.69. The van der Waals surface area contributed by atoms with E-state index in [-0.39, 0.29) is 0 Å². The minimum absolute atomic E-state index is 0.831. The fraction of sp³-hybridized carbons (Fsp3) is 0.667. The number of fused-ring (bicyclic) bond motifs is 1. The highest BCUT2D eigenvalue weighted by molar-refractivity contribution is 9.10. The van der Waals surface area contributed by atoms with E-state index in [1.165, 1.54) is 50.8 Å². The lowest BCUT2D eigenvalue weighted by Crippen LogP contribution is -2.46. The van der Waals surface area contributed by atoms with Crippen LogP contribution in [0.15, 0.2) is 22.8 Å². The van der Waals surface area contributed by atoms with Crippen LogP contribution in [0.2, 0.25) is 0 Å². The Hall–Kier alpha value is -0.410. The topological polar surface area (TPSA) is 16.1 Å². The summed E-state index contributed by atoms with van der Waals surface area (Å²) >= 11 is 3.45. The number of nitrogens with zero attached hydrogens (tertiary/aromatic N) is 2. The number of rotatable bonds is 2. The van der Waals surface area contributed by atoms with Crippen molar-refractivity contribution in [3.63, 3.8) is 0 Å². The Morgan fingerprint density at radius 3 is 2.83 bits per heavy atom. The number of halogens is 1. The molecule has 0 bridgehead atoms. The zero-order valence-electron chi connectivity index (χ0n) is 10.8. The van der Waals surface area contributed by atoms with E-state index in [1.807, 2.05) is 6.20 Å². The summed E-state index contributed by atoms with van der Waals surface area (Å²) in [5, 5.41) is 0. The van der Waals surface area contributed by atoms with E-state index >= 15 is 0 Å². The van der Waals surface area contributed by atoms with Gasteiger partial charge in [0, 0.05) is 23.3 Å². The largest absolute Gasteiger partial charge is 0.294 e. The van der Waals surface area contributed by atoms with E-state index in [0.717, 1.165) is 23.0 Å². The molecule has 0 spiro atoms. The summed E-state index contributed by atoms with van der Waals surface area (Å²) in [7, 11) is 0. The van der Waals surface area contributed by atoms with Gasteiger partial charge in [-0.05, 0) is 66.2 Å². The summed E-state index contributed by atoms with van der Waals surface area (Å²) < 4.78 is 1.07. The van der Waals surface area contributed by atoms with Gasteiger partial charge in [0.1, 0.15) is 0 Å².